The van der Waals surface area contributed by atoms with Gasteiger partial charge in [0.25, 0.3) is 0 Å². The molecule has 7 nitrogen and oxygen atoms in total. The maximum Gasteiger partial charge on any atom is 0.216 e. The summed E-state index contributed by atoms with van der Waals surface area (Å²) in [7, 11) is -3.28. The van der Waals surface area contributed by atoms with Crippen LogP contribution in [0.2, 0.25) is 0 Å². The molecule has 168 valence electrons. The lowest BCUT2D eigenvalue weighted by Crippen LogP contribution is -2.45. The molecule has 0 aromatic heterocycles. The van der Waals surface area contributed by atoms with Crippen LogP contribution in [0.3, 0.4) is 0 Å². The second-order valence-electron chi connectivity index (χ2n) is 7.26. The number of sulfonamides is 1. The zero-order valence-electron chi connectivity index (χ0n) is 17.6. The molecule has 0 bridgehead atoms. The minimum Gasteiger partial charge on any atom is -0.379 e. The second kappa shape index (κ2) is 12.6. The summed E-state index contributed by atoms with van der Waals surface area (Å²) in [4.78, 5) is 6.83. The van der Waals surface area contributed by atoms with Gasteiger partial charge in [0.05, 0.1) is 25.5 Å². The number of ether oxygens (including phenoxy) is 1. The number of guanidine groups is 1. The first-order valence-electron chi connectivity index (χ1n) is 10.4. The van der Waals surface area contributed by atoms with Crippen LogP contribution in [0.15, 0.2) is 40.9 Å². The number of benzene rings is 1. The molecule has 3 rings (SSSR count). The Bertz CT molecular complexity index is 799. The average Bonchev–Trinajstić information content (AvgIpc) is 2.75. The molecule has 0 saturated carbocycles. The zero-order chi connectivity index (χ0) is 20.5. The van der Waals surface area contributed by atoms with Gasteiger partial charge in [0, 0.05) is 32.7 Å². The molecule has 30 heavy (non-hydrogen) atoms. The van der Waals surface area contributed by atoms with Gasteiger partial charge in [-0.25, -0.2) is 8.42 Å². The highest BCUT2D eigenvalue weighted by Gasteiger charge is 2.24. The molecule has 2 heterocycles. The van der Waals surface area contributed by atoms with Crippen molar-refractivity contribution >= 4 is 46.0 Å². The molecule has 1 N–H and O–H groups in total. The minimum absolute atomic E-state index is 0. The number of hydrogen-bond donors (Lipinski definition) is 1. The van der Waals surface area contributed by atoms with Crippen molar-refractivity contribution in [3.8, 4) is 0 Å². The molecule has 0 spiro atoms. The third-order valence-corrected chi connectivity index (χ3v) is 7.04. The van der Waals surface area contributed by atoms with E-state index in [1.807, 2.05) is 13.0 Å². The van der Waals surface area contributed by atoms with Gasteiger partial charge in [-0.3, -0.25) is 4.99 Å². The first-order chi connectivity index (χ1) is 14.1. The lowest BCUT2D eigenvalue weighted by Gasteiger charge is -2.31. The minimum atomic E-state index is -3.28. The normalized spacial score (nSPS) is 18.6. The summed E-state index contributed by atoms with van der Waals surface area (Å²) in [5.74, 6) is 0.845. The third kappa shape index (κ3) is 7.51. The Labute approximate surface area is 197 Å². The van der Waals surface area contributed by atoms with E-state index in [4.69, 9.17) is 4.74 Å². The molecule has 0 radical (unpaired) electrons. The van der Waals surface area contributed by atoms with Crippen molar-refractivity contribution < 1.29 is 13.2 Å². The summed E-state index contributed by atoms with van der Waals surface area (Å²) in [5, 5.41) is 3.31. The highest BCUT2D eigenvalue weighted by molar-refractivity contribution is 14.0. The largest absolute Gasteiger partial charge is 0.379 e. The van der Waals surface area contributed by atoms with Crippen LogP contribution in [-0.4, -0.2) is 81.8 Å². The van der Waals surface area contributed by atoms with E-state index in [2.05, 4.69) is 45.6 Å². The second-order valence-corrected chi connectivity index (χ2v) is 9.35. The number of nitrogens with one attached hydrogen (secondary N) is 1. The van der Waals surface area contributed by atoms with Crippen LogP contribution >= 0.6 is 24.0 Å². The van der Waals surface area contributed by atoms with E-state index in [0.29, 0.717) is 26.3 Å². The molecular weight excluding hydrogens is 515 g/mol. The molecular formula is C21H33IN4O3S. The van der Waals surface area contributed by atoms with E-state index in [-0.39, 0.29) is 36.3 Å². The SMILES string of the molecule is CCNC(=NCCS(=O)(=O)N1CCOCC1)N1CCC(=Cc2ccccc2)CC1.I. The van der Waals surface area contributed by atoms with Gasteiger partial charge < -0.3 is 15.0 Å². The summed E-state index contributed by atoms with van der Waals surface area (Å²) in [6, 6.07) is 10.4. The van der Waals surface area contributed by atoms with Gasteiger partial charge in [-0.2, -0.15) is 4.31 Å². The maximum absolute atomic E-state index is 12.5. The predicted molar refractivity (Wildman–Crippen MR) is 133 cm³/mol. The van der Waals surface area contributed by atoms with Gasteiger partial charge in [0.1, 0.15) is 0 Å². The van der Waals surface area contributed by atoms with Crippen LogP contribution in [-0.2, 0) is 14.8 Å². The molecule has 2 saturated heterocycles. The summed E-state index contributed by atoms with van der Waals surface area (Å²) in [6.45, 7) is 6.66. The Kier molecular flexibility index (Phi) is 10.6. The molecule has 9 heteroatoms. The van der Waals surface area contributed by atoms with Crippen LogP contribution < -0.4 is 5.32 Å². The van der Waals surface area contributed by atoms with Gasteiger partial charge >= 0.3 is 0 Å². The Hall–Kier alpha value is -1.17. The van der Waals surface area contributed by atoms with Crippen molar-refractivity contribution in [2.75, 3.05) is 58.2 Å². The fourth-order valence-electron chi connectivity index (χ4n) is 3.58. The molecule has 0 unspecified atom stereocenters. The number of likely N-dealkylation sites (tertiary alicyclic amines) is 1. The lowest BCUT2D eigenvalue weighted by atomic mass is 10.0. The van der Waals surface area contributed by atoms with E-state index >= 15 is 0 Å². The molecule has 0 atom stereocenters. The van der Waals surface area contributed by atoms with Crippen molar-refractivity contribution in [3.05, 3.63) is 41.5 Å². The first kappa shape index (κ1) is 25.1. The van der Waals surface area contributed by atoms with Gasteiger partial charge in [-0.05, 0) is 25.3 Å². The molecule has 0 aliphatic carbocycles. The van der Waals surface area contributed by atoms with E-state index in [9.17, 15) is 8.42 Å². The van der Waals surface area contributed by atoms with Crippen LogP contribution in [0.5, 0.6) is 0 Å². The number of nitrogens with zero attached hydrogens (tertiary/aromatic N) is 3. The standard InChI is InChI=1S/C21H32N4O3S.HI/c1-2-22-21(23-10-17-29(26,27)25-13-15-28-16-14-25)24-11-8-20(9-12-24)18-19-6-4-3-5-7-19;/h3-7,18H,2,8-17H2,1H3,(H,22,23);1H. The van der Waals surface area contributed by atoms with E-state index in [1.165, 1.54) is 15.4 Å². The van der Waals surface area contributed by atoms with Gasteiger partial charge in [-0.1, -0.05) is 42.0 Å². The number of morpholine rings is 1. The first-order valence-corrected chi connectivity index (χ1v) is 12.0. The molecule has 0 amide bonds. The quantitative estimate of drug-likeness (QED) is 0.336. The van der Waals surface area contributed by atoms with Crippen molar-refractivity contribution in [2.24, 2.45) is 4.99 Å². The van der Waals surface area contributed by atoms with E-state index in [0.717, 1.165) is 38.4 Å². The topological polar surface area (TPSA) is 74.2 Å². The van der Waals surface area contributed by atoms with Gasteiger partial charge in [0.15, 0.2) is 5.96 Å². The van der Waals surface area contributed by atoms with E-state index < -0.39 is 10.0 Å². The van der Waals surface area contributed by atoms with E-state index in [1.54, 1.807) is 0 Å². The van der Waals surface area contributed by atoms with Gasteiger partial charge in [-0.15, -0.1) is 24.0 Å². The van der Waals surface area contributed by atoms with Crippen molar-refractivity contribution in [1.82, 2.24) is 14.5 Å². The number of hydrogen-bond acceptors (Lipinski definition) is 4. The number of halogens is 1. The lowest BCUT2D eigenvalue weighted by molar-refractivity contribution is 0.0731. The third-order valence-electron chi connectivity index (χ3n) is 5.18. The average molecular weight is 548 g/mol. The number of aliphatic imine (C=N–C) groups is 1. The fraction of sp³-hybridized carbons (Fsp3) is 0.571. The Morgan fingerprint density at radius 3 is 2.43 bits per heavy atom. The molecule has 1 aromatic rings. The molecule has 1 aromatic carbocycles. The van der Waals surface area contributed by atoms with Crippen molar-refractivity contribution in [3.63, 3.8) is 0 Å². The summed E-state index contributed by atoms with van der Waals surface area (Å²) < 4.78 is 31.7. The van der Waals surface area contributed by atoms with Gasteiger partial charge in [0.2, 0.25) is 10.0 Å². The zero-order valence-corrected chi connectivity index (χ0v) is 20.8. The molecule has 2 aliphatic rings. The maximum atomic E-state index is 12.5. The Balaban J connectivity index is 0.00000320. The summed E-state index contributed by atoms with van der Waals surface area (Å²) in [5.41, 5.74) is 2.68. The Morgan fingerprint density at radius 1 is 1.13 bits per heavy atom. The predicted octanol–water partition coefficient (Wildman–Crippen LogP) is 2.41. The summed E-state index contributed by atoms with van der Waals surface area (Å²) in [6.07, 6.45) is 4.26. The van der Waals surface area contributed by atoms with Crippen LogP contribution in [0, 0.1) is 0 Å². The fourth-order valence-corrected chi connectivity index (χ4v) is 4.87. The highest BCUT2D eigenvalue weighted by atomic mass is 127. The van der Waals surface area contributed by atoms with Crippen molar-refractivity contribution in [1.29, 1.82) is 0 Å². The van der Waals surface area contributed by atoms with Crippen LogP contribution in [0.25, 0.3) is 6.08 Å². The monoisotopic (exact) mass is 548 g/mol. The Morgan fingerprint density at radius 2 is 1.80 bits per heavy atom. The summed E-state index contributed by atoms with van der Waals surface area (Å²) >= 11 is 0. The molecule has 2 aliphatic heterocycles. The highest BCUT2D eigenvalue weighted by Crippen LogP contribution is 2.19. The smallest absolute Gasteiger partial charge is 0.216 e. The van der Waals surface area contributed by atoms with Crippen LogP contribution in [0.1, 0.15) is 25.3 Å². The van der Waals surface area contributed by atoms with Crippen LogP contribution in [0.4, 0.5) is 0 Å². The number of rotatable bonds is 6. The molecule has 2 fully saturated rings. The van der Waals surface area contributed by atoms with Crippen molar-refractivity contribution in [2.45, 2.75) is 19.8 Å². The number of piperidine rings is 1.